The molecule has 4 rings (SSSR count). The van der Waals surface area contributed by atoms with Crippen molar-refractivity contribution in [3.8, 4) is 5.69 Å². The molecule has 0 aliphatic rings. The van der Waals surface area contributed by atoms with Gasteiger partial charge in [0.25, 0.3) is 5.56 Å². The summed E-state index contributed by atoms with van der Waals surface area (Å²) in [6.45, 7) is 4.39. The van der Waals surface area contributed by atoms with Gasteiger partial charge in [-0.2, -0.15) is 5.10 Å². The standard InChI is InChI=1S/C25H26ClN5O3/c1-16(2)22-14-19(31(29-22)18-6-3-5-17(26)13-18)15-27-25(34)28-21-7-4-8-23-20(21)9-10-24(33)30(23)11-12-32/h3-10,13-14,16,32H,11-12,15H2,1-2H3,(H2,27,28,34). The summed E-state index contributed by atoms with van der Waals surface area (Å²) < 4.78 is 3.27. The fourth-order valence-corrected chi connectivity index (χ4v) is 3.97. The van der Waals surface area contributed by atoms with Gasteiger partial charge in [0, 0.05) is 23.0 Å². The number of aliphatic hydroxyl groups is 1. The van der Waals surface area contributed by atoms with Gasteiger partial charge >= 0.3 is 6.03 Å². The molecule has 0 aliphatic heterocycles. The number of nitrogens with zero attached hydrogens (tertiary/aromatic N) is 3. The number of carbonyl (C=O) groups is 1. The molecule has 34 heavy (non-hydrogen) atoms. The number of anilines is 1. The summed E-state index contributed by atoms with van der Waals surface area (Å²) >= 11 is 6.17. The van der Waals surface area contributed by atoms with Gasteiger partial charge in [0.15, 0.2) is 0 Å². The third-order valence-corrected chi connectivity index (χ3v) is 5.72. The van der Waals surface area contributed by atoms with E-state index in [9.17, 15) is 14.7 Å². The van der Waals surface area contributed by atoms with E-state index in [-0.39, 0.29) is 31.2 Å². The molecule has 2 aromatic carbocycles. The molecule has 0 spiro atoms. The summed E-state index contributed by atoms with van der Waals surface area (Å²) in [5, 5.41) is 21.1. The molecule has 0 unspecified atom stereocenters. The molecule has 3 N–H and O–H groups in total. The first-order chi connectivity index (χ1) is 16.4. The Hall–Kier alpha value is -3.62. The van der Waals surface area contributed by atoms with Crippen LogP contribution in [0.2, 0.25) is 5.02 Å². The highest BCUT2D eigenvalue weighted by molar-refractivity contribution is 6.30. The number of pyridine rings is 1. The van der Waals surface area contributed by atoms with Crippen LogP contribution >= 0.6 is 11.6 Å². The van der Waals surface area contributed by atoms with Crippen molar-refractivity contribution in [2.75, 3.05) is 11.9 Å². The summed E-state index contributed by atoms with van der Waals surface area (Å²) in [5.41, 5.74) is 3.53. The molecule has 2 heterocycles. The van der Waals surface area contributed by atoms with Crippen molar-refractivity contribution >= 4 is 34.2 Å². The number of hydrogen-bond donors (Lipinski definition) is 3. The first-order valence-electron chi connectivity index (χ1n) is 11.0. The maximum Gasteiger partial charge on any atom is 0.319 e. The van der Waals surface area contributed by atoms with Gasteiger partial charge in [0.2, 0.25) is 0 Å². The van der Waals surface area contributed by atoms with Gasteiger partial charge in [-0.1, -0.05) is 37.6 Å². The summed E-state index contributed by atoms with van der Waals surface area (Å²) in [7, 11) is 0. The molecule has 0 bridgehead atoms. The molecule has 4 aromatic rings. The average molecular weight is 480 g/mol. The van der Waals surface area contributed by atoms with Crippen molar-refractivity contribution in [3.63, 3.8) is 0 Å². The van der Waals surface area contributed by atoms with Gasteiger partial charge in [-0.25, -0.2) is 9.48 Å². The largest absolute Gasteiger partial charge is 0.395 e. The van der Waals surface area contributed by atoms with Gasteiger partial charge < -0.3 is 20.3 Å². The maximum atomic E-state index is 12.8. The Kier molecular flexibility index (Phi) is 7.00. The molecule has 2 aromatic heterocycles. The fourth-order valence-electron chi connectivity index (χ4n) is 3.78. The molecule has 8 nitrogen and oxygen atoms in total. The number of nitrogens with one attached hydrogen (secondary N) is 2. The van der Waals surface area contributed by atoms with E-state index in [1.807, 2.05) is 24.3 Å². The van der Waals surface area contributed by atoms with E-state index in [0.717, 1.165) is 17.1 Å². The molecule has 0 aliphatic carbocycles. The molecule has 0 radical (unpaired) electrons. The Bertz CT molecular complexity index is 1390. The Morgan fingerprint density at radius 2 is 1.91 bits per heavy atom. The lowest BCUT2D eigenvalue weighted by atomic mass is 10.1. The highest BCUT2D eigenvalue weighted by atomic mass is 35.5. The summed E-state index contributed by atoms with van der Waals surface area (Å²) in [6.07, 6.45) is 0. The van der Waals surface area contributed by atoms with E-state index in [1.54, 1.807) is 35.0 Å². The second-order valence-corrected chi connectivity index (χ2v) is 8.64. The normalized spacial score (nSPS) is 11.2. The second-order valence-electron chi connectivity index (χ2n) is 8.20. The van der Waals surface area contributed by atoms with E-state index in [2.05, 4.69) is 24.5 Å². The minimum atomic E-state index is -0.391. The van der Waals surface area contributed by atoms with E-state index >= 15 is 0 Å². The Morgan fingerprint density at radius 1 is 1.12 bits per heavy atom. The molecular weight excluding hydrogens is 454 g/mol. The van der Waals surface area contributed by atoms with Crippen LogP contribution in [0.25, 0.3) is 16.6 Å². The number of amides is 2. The van der Waals surface area contributed by atoms with E-state index in [4.69, 9.17) is 16.7 Å². The highest BCUT2D eigenvalue weighted by Crippen LogP contribution is 2.23. The van der Waals surface area contributed by atoms with Crippen LogP contribution in [0.3, 0.4) is 0 Å². The molecular formula is C25H26ClN5O3. The zero-order valence-corrected chi connectivity index (χ0v) is 19.7. The number of benzene rings is 2. The van der Waals surface area contributed by atoms with Crippen LogP contribution in [-0.4, -0.2) is 32.1 Å². The lowest BCUT2D eigenvalue weighted by molar-refractivity contribution is 0.251. The van der Waals surface area contributed by atoms with Crippen molar-refractivity contribution in [2.24, 2.45) is 0 Å². The van der Waals surface area contributed by atoms with Crippen LogP contribution in [0, 0.1) is 0 Å². The number of urea groups is 1. The van der Waals surface area contributed by atoms with Gasteiger partial charge in [-0.3, -0.25) is 4.79 Å². The Morgan fingerprint density at radius 3 is 2.65 bits per heavy atom. The monoisotopic (exact) mass is 479 g/mol. The van der Waals surface area contributed by atoms with E-state index in [1.165, 1.54) is 10.6 Å². The number of aliphatic hydroxyl groups excluding tert-OH is 1. The molecule has 0 saturated heterocycles. The number of aromatic nitrogens is 3. The van der Waals surface area contributed by atoms with Crippen molar-refractivity contribution in [3.05, 3.63) is 87.4 Å². The fraction of sp³-hybridized carbons (Fsp3) is 0.240. The van der Waals surface area contributed by atoms with Crippen LogP contribution in [0.5, 0.6) is 0 Å². The van der Waals surface area contributed by atoms with Crippen molar-refractivity contribution in [2.45, 2.75) is 32.9 Å². The van der Waals surface area contributed by atoms with Gasteiger partial charge in [0.05, 0.1) is 41.4 Å². The summed E-state index contributed by atoms with van der Waals surface area (Å²) in [6, 6.07) is 17.4. The first kappa shape index (κ1) is 23.5. The van der Waals surface area contributed by atoms with Gasteiger partial charge in [-0.05, 0) is 48.4 Å². The number of halogens is 1. The SMILES string of the molecule is CC(C)c1cc(CNC(=O)Nc2cccc3c2ccc(=O)n3CCO)n(-c2cccc(Cl)c2)n1. The van der Waals surface area contributed by atoms with E-state index < -0.39 is 6.03 Å². The molecule has 0 saturated carbocycles. The molecule has 0 fully saturated rings. The smallest absolute Gasteiger partial charge is 0.319 e. The minimum Gasteiger partial charge on any atom is -0.395 e. The number of hydrogen-bond acceptors (Lipinski definition) is 4. The van der Waals surface area contributed by atoms with Gasteiger partial charge in [0.1, 0.15) is 0 Å². The quantitative estimate of drug-likeness (QED) is 0.368. The van der Waals surface area contributed by atoms with E-state index in [0.29, 0.717) is 21.6 Å². The van der Waals surface area contributed by atoms with Gasteiger partial charge in [-0.15, -0.1) is 0 Å². The second kappa shape index (κ2) is 10.1. The highest BCUT2D eigenvalue weighted by Gasteiger charge is 2.14. The predicted octanol–water partition coefficient (Wildman–Crippen LogP) is 4.28. The first-order valence-corrected chi connectivity index (χ1v) is 11.4. The van der Waals surface area contributed by atoms with Crippen LogP contribution in [0.15, 0.2) is 65.5 Å². The van der Waals surface area contributed by atoms with Crippen LogP contribution < -0.4 is 16.2 Å². The Balaban J connectivity index is 1.56. The summed E-state index contributed by atoms with van der Waals surface area (Å²) in [5.74, 6) is 0.222. The van der Waals surface area contributed by atoms with Crippen molar-refractivity contribution < 1.29 is 9.90 Å². The summed E-state index contributed by atoms with van der Waals surface area (Å²) in [4.78, 5) is 24.9. The molecule has 0 atom stereocenters. The van der Waals surface area contributed by atoms with Crippen LogP contribution in [0.1, 0.15) is 31.2 Å². The maximum absolute atomic E-state index is 12.8. The minimum absolute atomic E-state index is 0.157. The lowest BCUT2D eigenvalue weighted by Crippen LogP contribution is -2.29. The number of carbonyl (C=O) groups excluding carboxylic acids is 1. The van der Waals surface area contributed by atoms with Crippen molar-refractivity contribution in [1.29, 1.82) is 0 Å². The number of rotatable bonds is 7. The number of fused-ring (bicyclic) bond motifs is 1. The molecule has 176 valence electrons. The van der Waals surface area contributed by atoms with Crippen LogP contribution in [0.4, 0.5) is 10.5 Å². The zero-order valence-electron chi connectivity index (χ0n) is 19.0. The lowest BCUT2D eigenvalue weighted by Gasteiger charge is -2.14. The van der Waals surface area contributed by atoms with Crippen molar-refractivity contribution in [1.82, 2.24) is 19.7 Å². The van der Waals surface area contributed by atoms with Crippen LogP contribution in [-0.2, 0) is 13.1 Å². The topological polar surface area (TPSA) is 101 Å². The third kappa shape index (κ3) is 4.98. The zero-order chi connectivity index (χ0) is 24.2. The Labute approximate surface area is 201 Å². The average Bonchev–Trinajstić information content (AvgIpc) is 3.25. The predicted molar refractivity (Wildman–Crippen MR) is 134 cm³/mol. The third-order valence-electron chi connectivity index (χ3n) is 5.48. The molecule has 2 amide bonds. The molecule has 9 heteroatoms.